The highest BCUT2D eigenvalue weighted by Crippen LogP contribution is 2.26. The van der Waals surface area contributed by atoms with Gasteiger partial charge in [0.2, 0.25) is 0 Å². The Morgan fingerprint density at radius 2 is 1.50 bits per heavy atom. The normalized spacial score (nSPS) is 14.2. The van der Waals surface area contributed by atoms with Crippen LogP contribution in [0.1, 0.15) is 16.7 Å². The Balaban J connectivity index is 2.72. The molecule has 2 aromatic rings. The number of nitrogens with zero attached hydrogens (tertiary/aromatic N) is 1. The topological polar surface area (TPSA) is 83.8 Å². The maximum Gasteiger partial charge on any atom is 0.290 e. The number of aliphatic hydroxyl groups is 1. The molecule has 0 bridgehead atoms. The zero-order valence-electron chi connectivity index (χ0n) is 13.9. The lowest BCUT2D eigenvalue weighted by molar-refractivity contribution is 0.321. The summed E-state index contributed by atoms with van der Waals surface area (Å²) in [6, 6.07) is 11.7. The molecule has 0 radical (unpaired) electrons. The van der Waals surface area contributed by atoms with Crippen LogP contribution in [0.25, 0.3) is 0 Å². The molecule has 0 amide bonds. The summed E-state index contributed by atoms with van der Waals surface area (Å²) in [5.41, 5.74) is 2.08. The molecule has 2 aromatic carbocycles. The van der Waals surface area contributed by atoms with Crippen molar-refractivity contribution < 1.29 is 17.7 Å². The summed E-state index contributed by atoms with van der Waals surface area (Å²) in [6.07, 6.45) is 0. The van der Waals surface area contributed by atoms with E-state index in [1.807, 2.05) is 6.92 Å². The standard InChI is InChI=1S/C17H21NO4S2/c1-13-11-14(2)17(15(3)12-13)24(21,22)18-23(20,10-9-19)16-7-5-4-6-8-16/h4-8,11-12,19H,9-10H2,1-3H3. The predicted molar refractivity (Wildman–Crippen MR) is 95.1 cm³/mol. The zero-order chi connectivity index (χ0) is 18.0. The van der Waals surface area contributed by atoms with Crippen molar-refractivity contribution in [3.8, 4) is 0 Å². The molecule has 2 rings (SSSR count). The molecule has 0 aliphatic heterocycles. The number of aryl methyl sites for hydroxylation is 3. The molecule has 0 heterocycles. The minimum atomic E-state index is -4.13. The molecule has 0 spiro atoms. The molecule has 1 unspecified atom stereocenters. The molecule has 1 N–H and O–H groups in total. The lowest BCUT2D eigenvalue weighted by Crippen LogP contribution is -2.14. The lowest BCUT2D eigenvalue weighted by Gasteiger charge is -2.12. The average Bonchev–Trinajstić information content (AvgIpc) is 2.46. The molecule has 0 aromatic heterocycles. The highest BCUT2D eigenvalue weighted by Gasteiger charge is 2.24. The Morgan fingerprint density at radius 1 is 0.958 bits per heavy atom. The molecular formula is C17H21NO4S2. The van der Waals surface area contributed by atoms with Crippen LogP contribution >= 0.6 is 0 Å². The van der Waals surface area contributed by atoms with E-state index in [1.54, 1.807) is 56.3 Å². The third kappa shape index (κ3) is 3.85. The third-order valence-electron chi connectivity index (χ3n) is 3.56. The monoisotopic (exact) mass is 367 g/mol. The minimum Gasteiger partial charge on any atom is -0.395 e. The molecular weight excluding hydrogens is 346 g/mol. The van der Waals surface area contributed by atoms with Crippen LogP contribution in [0.15, 0.2) is 56.0 Å². The second-order valence-electron chi connectivity index (χ2n) is 5.66. The fourth-order valence-corrected chi connectivity index (χ4v) is 6.93. The van der Waals surface area contributed by atoms with E-state index < -0.39 is 26.4 Å². The van der Waals surface area contributed by atoms with Gasteiger partial charge in [-0.3, -0.25) is 0 Å². The number of rotatable bonds is 5. The summed E-state index contributed by atoms with van der Waals surface area (Å²) in [5, 5.41) is 9.24. The van der Waals surface area contributed by atoms with Crippen molar-refractivity contribution in [1.82, 2.24) is 0 Å². The summed E-state index contributed by atoms with van der Waals surface area (Å²) < 4.78 is 42.6. The smallest absolute Gasteiger partial charge is 0.290 e. The van der Waals surface area contributed by atoms with E-state index in [1.165, 1.54) is 0 Å². The number of hydrogen-bond acceptors (Lipinski definition) is 4. The fraction of sp³-hybridized carbons (Fsp3) is 0.294. The molecule has 1 atom stereocenters. The van der Waals surface area contributed by atoms with Crippen molar-refractivity contribution in [3.63, 3.8) is 0 Å². The Labute approximate surface area is 143 Å². The summed E-state index contributed by atoms with van der Waals surface area (Å²) in [6.45, 7) is 4.85. The maximum absolute atomic E-state index is 13.2. The Hall–Kier alpha value is -1.70. The van der Waals surface area contributed by atoms with Crippen LogP contribution in [0.2, 0.25) is 0 Å². The molecule has 0 aliphatic rings. The predicted octanol–water partition coefficient (Wildman–Crippen LogP) is 2.82. The second-order valence-corrected chi connectivity index (χ2v) is 9.77. The van der Waals surface area contributed by atoms with Gasteiger partial charge in [-0.05, 0) is 44.0 Å². The first-order valence-corrected chi connectivity index (χ1v) is 10.6. The zero-order valence-corrected chi connectivity index (χ0v) is 15.5. The van der Waals surface area contributed by atoms with Crippen LogP contribution in [0.5, 0.6) is 0 Å². The van der Waals surface area contributed by atoms with Crippen LogP contribution in [0.3, 0.4) is 0 Å². The van der Waals surface area contributed by atoms with Gasteiger partial charge in [-0.25, -0.2) is 4.21 Å². The highest BCUT2D eigenvalue weighted by atomic mass is 32.3. The largest absolute Gasteiger partial charge is 0.395 e. The van der Waals surface area contributed by atoms with Gasteiger partial charge in [0.25, 0.3) is 10.0 Å². The number of hydrogen-bond donors (Lipinski definition) is 1. The molecule has 5 nitrogen and oxygen atoms in total. The lowest BCUT2D eigenvalue weighted by atomic mass is 10.1. The first kappa shape index (κ1) is 18.6. The van der Waals surface area contributed by atoms with Gasteiger partial charge in [0.05, 0.1) is 27.0 Å². The van der Waals surface area contributed by atoms with Crippen LogP contribution in [0.4, 0.5) is 0 Å². The molecule has 7 heteroatoms. The van der Waals surface area contributed by atoms with E-state index in [-0.39, 0.29) is 10.6 Å². The van der Waals surface area contributed by atoms with Crippen molar-refractivity contribution in [2.75, 3.05) is 12.4 Å². The van der Waals surface area contributed by atoms with E-state index >= 15 is 0 Å². The van der Waals surface area contributed by atoms with Crippen molar-refractivity contribution in [2.24, 2.45) is 3.77 Å². The quantitative estimate of drug-likeness (QED) is 0.881. The first-order chi connectivity index (χ1) is 11.2. The summed E-state index contributed by atoms with van der Waals surface area (Å²) in [5.74, 6) is -0.236. The van der Waals surface area contributed by atoms with Gasteiger partial charge in [-0.2, -0.15) is 8.42 Å². The summed E-state index contributed by atoms with van der Waals surface area (Å²) >= 11 is 0. The third-order valence-corrected chi connectivity index (χ3v) is 8.21. The van der Waals surface area contributed by atoms with Gasteiger partial charge in [0, 0.05) is 4.90 Å². The molecule has 24 heavy (non-hydrogen) atoms. The number of benzene rings is 2. The Kier molecular flexibility index (Phi) is 5.47. The van der Waals surface area contributed by atoms with Crippen molar-refractivity contribution in [1.29, 1.82) is 0 Å². The van der Waals surface area contributed by atoms with Crippen molar-refractivity contribution in [2.45, 2.75) is 30.6 Å². The molecule has 0 fully saturated rings. The molecule has 0 saturated carbocycles. The van der Waals surface area contributed by atoms with E-state index in [4.69, 9.17) is 0 Å². The second kappa shape index (κ2) is 7.04. The van der Waals surface area contributed by atoms with Crippen LogP contribution < -0.4 is 0 Å². The van der Waals surface area contributed by atoms with Gasteiger partial charge in [-0.1, -0.05) is 35.9 Å². The SMILES string of the molecule is Cc1cc(C)c(S(=O)(=O)N=S(=O)(CCO)c2ccccc2)c(C)c1. The Morgan fingerprint density at radius 3 is 2.00 bits per heavy atom. The van der Waals surface area contributed by atoms with E-state index in [0.29, 0.717) is 16.0 Å². The van der Waals surface area contributed by atoms with Crippen LogP contribution in [-0.4, -0.2) is 30.1 Å². The first-order valence-electron chi connectivity index (χ1n) is 7.44. The van der Waals surface area contributed by atoms with E-state index in [2.05, 4.69) is 3.77 Å². The van der Waals surface area contributed by atoms with Crippen molar-refractivity contribution >= 4 is 19.8 Å². The minimum absolute atomic E-state index is 0.0784. The van der Waals surface area contributed by atoms with Crippen LogP contribution in [0, 0.1) is 20.8 Å². The molecule has 130 valence electrons. The summed E-state index contributed by atoms with van der Waals surface area (Å²) in [4.78, 5) is 0.375. The van der Waals surface area contributed by atoms with Gasteiger partial charge < -0.3 is 5.11 Å². The van der Waals surface area contributed by atoms with Gasteiger partial charge in [-0.15, -0.1) is 3.77 Å². The average molecular weight is 367 g/mol. The fourth-order valence-electron chi connectivity index (χ4n) is 2.72. The number of aliphatic hydroxyl groups excluding tert-OH is 1. The Bertz CT molecular complexity index is 934. The van der Waals surface area contributed by atoms with Crippen molar-refractivity contribution in [3.05, 3.63) is 59.2 Å². The maximum atomic E-state index is 13.2. The summed E-state index contributed by atoms with van der Waals surface area (Å²) in [7, 11) is -7.41. The van der Waals surface area contributed by atoms with Gasteiger partial charge in [0.15, 0.2) is 0 Å². The highest BCUT2D eigenvalue weighted by molar-refractivity contribution is 8.03. The number of sulfonamides is 1. The van der Waals surface area contributed by atoms with E-state index in [9.17, 15) is 17.7 Å². The van der Waals surface area contributed by atoms with Gasteiger partial charge >= 0.3 is 0 Å². The molecule has 0 saturated heterocycles. The van der Waals surface area contributed by atoms with E-state index in [0.717, 1.165) is 5.56 Å². The molecule has 0 aliphatic carbocycles. The van der Waals surface area contributed by atoms with Gasteiger partial charge in [0.1, 0.15) is 0 Å². The van der Waals surface area contributed by atoms with Crippen LogP contribution in [-0.2, 0) is 19.8 Å².